The van der Waals surface area contributed by atoms with Gasteiger partial charge in [-0.25, -0.2) is 9.97 Å². The van der Waals surface area contributed by atoms with Gasteiger partial charge in [0.1, 0.15) is 17.3 Å². The molecule has 0 fully saturated rings. The monoisotopic (exact) mass is 284 g/mol. The second-order valence-corrected chi connectivity index (χ2v) is 4.15. The molecule has 1 aromatic rings. The summed E-state index contributed by atoms with van der Waals surface area (Å²) in [6.45, 7) is 5.64. The van der Waals surface area contributed by atoms with E-state index in [0.717, 1.165) is 0 Å². The number of aromatic nitrogens is 2. The number of carbonyl (C=O) groups is 2. The summed E-state index contributed by atoms with van der Waals surface area (Å²) in [6, 6.07) is 0. The lowest BCUT2D eigenvalue weighted by molar-refractivity contribution is -0.130. The fraction of sp³-hybridized carbons (Fsp3) is 0.500. The number of amides is 1. The molecule has 1 amide bonds. The molecular formula is C12H17ClN4O2. The molecule has 0 spiro atoms. The fourth-order valence-corrected chi connectivity index (χ4v) is 1.82. The number of halogens is 1. The molecule has 0 radical (unpaired) electrons. The van der Waals surface area contributed by atoms with E-state index in [1.165, 1.54) is 6.33 Å². The van der Waals surface area contributed by atoms with Crippen molar-refractivity contribution >= 4 is 29.6 Å². The summed E-state index contributed by atoms with van der Waals surface area (Å²) in [7, 11) is 0. The van der Waals surface area contributed by atoms with E-state index in [4.69, 9.17) is 11.6 Å². The third-order valence-corrected chi connectivity index (χ3v) is 3.00. The molecule has 6 nitrogen and oxygen atoms in total. The lowest BCUT2D eigenvalue weighted by Crippen LogP contribution is -2.31. The molecule has 0 saturated heterocycles. The van der Waals surface area contributed by atoms with Crippen LogP contribution < -0.4 is 5.32 Å². The van der Waals surface area contributed by atoms with Gasteiger partial charge in [-0.2, -0.15) is 0 Å². The van der Waals surface area contributed by atoms with E-state index in [9.17, 15) is 9.59 Å². The lowest BCUT2D eigenvalue weighted by Gasteiger charge is -2.18. The van der Waals surface area contributed by atoms with Gasteiger partial charge < -0.3 is 10.2 Å². The third-order valence-electron chi connectivity index (χ3n) is 2.70. The standard InChI is InChI=1S/C12H17ClN4O2/c1-3-17(4-2)10(19)5-6-14-12-9(7-18)11(13)15-8-16-12/h7-8H,3-6H2,1-2H3,(H,14,15,16). The summed E-state index contributed by atoms with van der Waals surface area (Å²) in [5.41, 5.74) is 0.208. The smallest absolute Gasteiger partial charge is 0.224 e. The molecule has 0 aliphatic carbocycles. The Labute approximate surface area is 117 Å². The highest BCUT2D eigenvalue weighted by Crippen LogP contribution is 2.16. The zero-order valence-corrected chi connectivity index (χ0v) is 11.8. The molecule has 19 heavy (non-hydrogen) atoms. The SMILES string of the molecule is CCN(CC)C(=O)CCNc1ncnc(Cl)c1C=O. The van der Waals surface area contributed by atoms with Crippen LogP contribution in [0.5, 0.6) is 0 Å². The van der Waals surface area contributed by atoms with Crippen LogP contribution in [0.4, 0.5) is 5.82 Å². The van der Waals surface area contributed by atoms with E-state index in [-0.39, 0.29) is 16.6 Å². The van der Waals surface area contributed by atoms with Crippen molar-refractivity contribution in [3.05, 3.63) is 17.0 Å². The highest BCUT2D eigenvalue weighted by Gasteiger charge is 2.11. The van der Waals surface area contributed by atoms with Crippen molar-refractivity contribution in [1.82, 2.24) is 14.9 Å². The van der Waals surface area contributed by atoms with Gasteiger partial charge in [0.05, 0.1) is 5.56 Å². The maximum absolute atomic E-state index is 11.8. The Morgan fingerprint density at radius 1 is 1.42 bits per heavy atom. The van der Waals surface area contributed by atoms with Gasteiger partial charge in [-0.05, 0) is 13.8 Å². The van der Waals surface area contributed by atoms with Gasteiger partial charge in [0.25, 0.3) is 0 Å². The summed E-state index contributed by atoms with van der Waals surface area (Å²) >= 11 is 5.77. The zero-order valence-electron chi connectivity index (χ0n) is 11.0. The molecule has 0 unspecified atom stereocenters. The van der Waals surface area contributed by atoms with E-state index >= 15 is 0 Å². The first-order valence-electron chi connectivity index (χ1n) is 6.11. The van der Waals surface area contributed by atoms with Gasteiger partial charge in [0.2, 0.25) is 5.91 Å². The van der Waals surface area contributed by atoms with E-state index in [0.29, 0.717) is 38.2 Å². The molecule has 1 rings (SSSR count). The molecule has 0 aromatic carbocycles. The summed E-state index contributed by atoms with van der Waals surface area (Å²) in [6.07, 6.45) is 2.20. The summed E-state index contributed by atoms with van der Waals surface area (Å²) in [4.78, 5) is 32.0. The van der Waals surface area contributed by atoms with Crippen LogP contribution in [0.15, 0.2) is 6.33 Å². The topological polar surface area (TPSA) is 75.2 Å². The van der Waals surface area contributed by atoms with Crippen LogP contribution in [0.3, 0.4) is 0 Å². The predicted octanol–water partition coefficient (Wildman–Crippen LogP) is 1.61. The Hall–Kier alpha value is -1.69. The molecular weight excluding hydrogens is 268 g/mol. The van der Waals surface area contributed by atoms with Crippen LogP contribution >= 0.6 is 11.6 Å². The molecule has 1 aromatic heterocycles. The molecule has 0 bridgehead atoms. The van der Waals surface area contributed by atoms with Crippen molar-refractivity contribution in [2.75, 3.05) is 25.0 Å². The van der Waals surface area contributed by atoms with Crippen molar-refractivity contribution in [3.63, 3.8) is 0 Å². The van der Waals surface area contributed by atoms with E-state index in [2.05, 4.69) is 15.3 Å². The van der Waals surface area contributed by atoms with Crippen molar-refractivity contribution < 1.29 is 9.59 Å². The number of anilines is 1. The first-order chi connectivity index (χ1) is 9.13. The number of aldehydes is 1. The predicted molar refractivity (Wildman–Crippen MR) is 73.5 cm³/mol. The van der Waals surface area contributed by atoms with Gasteiger partial charge in [0, 0.05) is 26.1 Å². The van der Waals surface area contributed by atoms with Gasteiger partial charge in [0.15, 0.2) is 6.29 Å². The average Bonchev–Trinajstić information content (AvgIpc) is 2.40. The molecule has 104 valence electrons. The van der Waals surface area contributed by atoms with E-state index in [1.807, 2.05) is 13.8 Å². The van der Waals surface area contributed by atoms with Crippen LogP contribution in [0.1, 0.15) is 30.6 Å². The van der Waals surface area contributed by atoms with Crippen molar-refractivity contribution in [2.24, 2.45) is 0 Å². The van der Waals surface area contributed by atoms with Crippen LogP contribution in [-0.2, 0) is 4.79 Å². The fourth-order valence-electron chi connectivity index (χ4n) is 1.64. The molecule has 0 saturated carbocycles. The number of hydrogen-bond acceptors (Lipinski definition) is 5. The largest absolute Gasteiger partial charge is 0.369 e. The minimum atomic E-state index is 0.0605. The molecule has 1 heterocycles. The average molecular weight is 285 g/mol. The molecule has 1 N–H and O–H groups in total. The Bertz CT molecular complexity index is 449. The number of hydrogen-bond donors (Lipinski definition) is 1. The summed E-state index contributed by atoms with van der Waals surface area (Å²) < 4.78 is 0. The lowest BCUT2D eigenvalue weighted by atomic mass is 10.3. The summed E-state index contributed by atoms with van der Waals surface area (Å²) in [5.74, 6) is 0.410. The molecule has 0 aliphatic rings. The second-order valence-electron chi connectivity index (χ2n) is 3.79. The number of nitrogens with one attached hydrogen (secondary N) is 1. The minimum absolute atomic E-state index is 0.0605. The van der Waals surface area contributed by atoms with E-state index < -0.39 is 0 Å². The number of rotatable bonds is 7. The van der Waals surface area contributed by atoms with Crippen molar-refractivity contribution in [2.45, 2.75) is 20.3 Å². The maximum atomic E-state index is 11.8. The number of nitrogens with zero attached hydrogens (tertiary/aromatic N) is 3. The quantitative estimate of drug-likeness (QED) is 0.608. The summed E-state index contributed by atoms with van der Waals surface area (Å²) in [5, 5.41) is 3.02. The van der Waals surface area contributed by atoms with Gasteiger partial charge >= 0.3 is 0 Å². The molecule has 7 heteroatoms. The van der Waals surface area contributed by atoms with Crippen LogP contribution in [0, 0.1) is 0 Å². The van der Waals surface area contributed by atoms with Gasteiger partial charge in [-0.3, -0.25) is 9.59 Å². The molecule has 0 atom stereocenters. The Balaban J connectivity index is 2.56. The maximum Gasteiger partial charge on any atom is 0.224 e. The first-order valence-corrected chi connectivity index (χ1v) is 6.49. The van der Waals surface area contributed by atoms with Crippen molar-refractivity contribution in [3.8, 4) is 0 Å². The second kappa shape index (κ2) is 7.68. The Kier molecular flexibility index (Phi) is 6.21. The first kappa shape index (κ1) is 15.4. The Morgan fingerprint density at radius 3 is 2.68 bits per heavy atom. The van der Waals surface area contributed by atoms with Gasteiger partial charge in [-0.15, -0.1) is 0 Å². The van der Waals surface area contributed by atoms with E-state index in [1.54, 1.807) is 4.90 Å². The normalized spacial score (nSPS) is 10.1. The highest BCUT2D eigenvalue weighted by molar-refractivity contribution is 6.32. The zero-order chi connectivity index (χ0) is 14.3. The third kappa shape index (κ3) is 4.17. The minimum Gasteiger partial charge on any atom is -0.369 e. The Morgan fingerprint density at radius 2 is 2.11 bits per heavy atom. The van der Waals surface area contributed by atoms with Crippen LogP contribution in [0.2, 0.25) is 5.15 Å². The highest BCUT2D eigenvalue weighted by atomic mass is 35.5. The van der Waals surface area contributed by atoms with Crippen LogP contribution in [-0.4, -0.2) is 46.7 Å². The van der Waals surface area contributed by atoms with Crippen molar-refractivity contribution in [1.29, 1.82) is 0 Å². The van der Waals surface area contributed by atoms with Crippen LogP contribution in [0.25, 0.3) is 0 Å². The van der Waals surface area contributed by atoms with Gasteiger partial charge in [-0.1, -0.05) is 11.6 Å². The molecule has 0 aliphatic heterocycles. The number of carbonyl (C=O) groups excluding carboxylic acids is 2.